The Hall–Kier alpha value is -2.37. The lowest BCUT2D eigenvalue weighted by atomic mass is 10.0. The maximum absolute atomic E-state index is 12.5. The number of rotatable bonds is 6. The van der Waals surface area contributed by atoms with Gasteiger partial charge in [-0.25, -0.2) is 4.79 Å². The predicted molar refractivity (Wildman–Crippen MR) is 103 cm³/mol. The number of hydrogen-bond acceptors (Lipinski definition) is 4. The van der Waals surface area contributed by atoms with Crippen LogP contribution >= 0.6 is 22.9 Å². The maximum Gasteiger partial charge on any atom is 0.342 e. The number of anilines is 1. The standard InChI is InChI=1S/C19H18ClNO3S/c1-12(2)9-16(22)21-18-17(19(23)24-10-13(3)20)15(11-25-18)14-7-5-4-6-8-14/h4-9,11H,3,10H2,1-2H3,(H,21,22). The fraction of sp³-hybridized carbons (Fsp3) is 0.158. The second-order valence-corrected chi connectivity index (χ2v) is 6.94. The molecule has 0 aliphatic carbocycles. The van der Waals surface area contributed by atoms with Gasteiger partial charge in [0.2, 0.25) is 5.91 Å². The topological polar surface area (TPSA) is 55.4 Å². The summed E-state index contributed by atoms with van der Waals surface area (Å²) in [6, 6.07) is 9.43. The normalized spacial score (nSPS) is 10.0. The van der Waals surface area contributed by atoms with E-state index >= 15 is 0 Å². The Morgan fingerprint density at radius 1 is 1.28 bits per heavy atom. The molecule has 1 aromatic heterocycles. The van der Waals surface area contributed by atoms with Crippen LogP contribution in [0.3, 0.4) is 0 Å². The molecule has 2 rings (SSSR count). The Labute approximate surface area is 155 Å². The highest BCUT2D eigenvalue weighted by atomic mass is 35.5. The number of halogens is 1. The van der Waals surface area contributed by atoms with E-state index in [1.807, 2.05) is 49.6 Å². The third-order valence-corrected chi connectivity index (χ3v) is 4.10. The fourth-order valence-electron chi connectivity index (χ4n) is 2.11. The quantitative estimate of drug-likeness (QED) is 0.555. The molecule has 0 saturated carbocycles. The maximum atomic E-state index is 12.5. The summed E-state index contributed by atoms with van der Waals surface area (Å²) in [5, 5.41) is 5.23. The monoisotopic (exact) mass is 375 g/mol. The first-order valence-corrected chi connectivity index (χ1v) is 8.77. The van der Waals surface area contributed by atoms with Gasteiger partial charge in [0.25, 0.3) is 0 Å². The van der Waals surface area contributed by atoms with Crippen LogP contribution in [-0.4, -0.2) is 18.5 Å². The minimum Gasteiger partial charge on any atom is -0.456 e. The van der Waals surface area contributed by atoms with E-state index in [-0.39, 0.29) is 17.5 Å². The molecular formula is C19H18ClNO3S. The molecule has 0 saturated heterocycles. The average molecular weight is 376 g/mol. The summed E-state index contributed by atoms with van der Waals surface area (Å²) in [6.07, 6.45) is 1.47. The molecule has 1 aromatic carbocycles. The Morgan fingerprint density at radius 2 is 1.96 bits per heavy atom. The molecule has 0 aliphatic rings. The van der Waals surface area contributed by atoms with Crippen LogP contribution in [0.1, 0.15) is 24.2 Å². The van der Waals surface area contributed by atoms with Crippen molar-refractivity contribution in [2.24, 2.45) is 0 Å². The van der Waals surface area contributed by atoms with Crippen molar-refractivity contribution in [3.05, 3.63) is 64.5 Å². The predicted octanol–water partition coefficient (Wildman–Crippen LogP) is 5.23. The Kier molecular flexibility index (Phi) is 6.56. The van der Waals surface area contributed by atoms with Crippen molar-refractivity contribution in [1.82, 2.24) is 0 Å². The first kappa shape index (κ1) is 19.0. The summed E-state index contributed by atoms with van der Waals surface area (Å²) >= 11 is 6.95. The van der Waals surface area contributed by atoms with Crippen molar-refractivity contribution in [2.45, 2.75) is 13.8 Å². The van der Waals surface area contributed by atoms with E-state index in [0.29, 0.717) is 16.1 Å². The van der Waals surface area contributed by atoms with E-state index in [1.165, 1.54) is 17.4 Å². The largest absolute Gasteiger partial charge is 0.456 e. The number of esters is 1. The van der Waals surface area contributed by atoms with E-state index < -0.39 is 5.97 Å². The van der Waals surface area contributed by atoms with Crippen molar-refractivity contribution < 1.29 is 14.3 Å². The third-order valence-electron chi connectivity index (χ3n) is 3.10. The molecule has 0 spiro atoms. The van der Waals surface area contributed by atoms with E-state index in [0.717, 1.165) is 11.1 Å². The van der Waals surface area contributed by atoms with Crippen molar-refractivity contribution in [2.75, 3.05) is 11.9 Å². The molecular weight excluding hydrogens is 358 g/mol. The van der Waals surface area contributed by atoms with Crippen LogP contribution in [0.4, 0.5) is 5.00 Å². The van der Waals surface area contributed by atoms with Gasteiger partial charge >= 0.3 is 5.97 Å². The molecule has 0 atom stereocenters. The van der Waals surface area contributed by atoms with Crippen molar-refractivity contribution in [3.8, 4) is 11.1 Å². The number of benzene rings is 1. The molecule has 0 aliphatic heterocycles. The highest BCUT2D eigenvalue weighted by Gasteiger charge is 2.22. The lowest BCUT2D eigenvalue weighted by Crippen LogP contribution is -2.13. The van der Waals surface area contributed by atoms with E-state index in [9.17, 15) is 9.59 Å². The van der Waals surface area contributed by atoms with Gasteiger partial charge in [-0.2, -0.15) is 0 Å². The molecule has 2 aromatic rings. The van der Waals surface area contributed by atoms with Gasteiger partial charge in [-0.3, -0.25) is 4.79 Å². The lowest BCUT2D eigenvalue weighted by molar-refractivity contribution is -0.111. The van der Waals surface area contributed by atoms with Crippen LogP contribution in [0.15, 0.2) is 59.0 Å². The number of carbonyl (C=O) groups is 2. The fourth-order valence-corrected chi connectivity index (χ4v) is 3.12. The van der Waals surface area contributed by atoms with Crippen LogP contribution < -0.4 is 5.32 Å². The molecule has 4 nitrogen and oxygen atoms in total. The SMILES string of the molecule is C=C(Cl)COC(=O)c1c(-c2ccccc2)csc1NC(=O)C=C(C)C. The Morgan fingerprint density at radius 3 is 2.56 bits per heavy atom. The lowest BCUT2D eigenvalue weighted by Gasteiger charge is -2.09. The molecule has 6 heteroatoms. The number of allylic oxidation sites excluding steroid dienone is 1. The molecule has 1 amide bonds. The number of ether oxygens (including phenoxy) is 1. The summed E-state index contributed by atoms with van der Waals surface area (Å²) in [5.74, 6) is -0.855. The molecule has 130 valence electrons. The average Bonchev–Trinajstić information content (AvgIpc) is 2.96. The first-order chi connectivity index (χ1) is 11.9. The third kappa shape index (κ3) is 5.31. The minimum atomic E-state index is -0.561. The van der Waals surface area contributed by atoms with Gasteiger partial charge in [-0.1, -0.05) is 54.1 Å². The molecule has 1 N–H and O–H groups in total. The summed E-state index contributed by atoms with van der Waals surface area (Å²) in [7, 11) is 0. The van der Waals surface area contributed by atoms with Crippen LogP contribution in [0.25, 0.3) is 11.1 Å². The van der Waals surface area contributed by atoms with Gasteiger partial charge in [-0.05, 0) is 19.4 Å². The van der Waals surface area contributed by atoms with Crippen LogP contribution in [-0.2, 0) is 9.53 Å². The summed E-state index contributed by atoms with van der Waals surface area (Å²) < 4.78 is 5.18. The van der Waals surface area contributed by atoms with Crippen LogP contribution in [0.5, 0.6) is 0 Å². The molecule has 1 heterocycles. The van der Waals surface area contributed by atoms with Gasteiger partial charge in [0.15, 0.2) is 0 Å². The summed E-state index contributed by atoms with van der Waals surface area (Å²) in [6.45, 7) is 7.06. The molecule has 0 fully saturated rings. The second-order valence-electron chi connectivity index (χ2n) is 5.52. The van der Waals surface area contributed by atoms with Crippen molar-refractivity contribution >= 4 is 39.8 Å². The van der Waals surface area contributed by atoms with Gasteiger partial charge in [0.1, 0.15) is 17.2 Å². The number of hydrogen-bond donors (Lipinski definition) is 1. The zero-order valence-corrected chi connectivity index (χ0v) is 15.5. The van der Waals surface area contributed by atoms with Gasteiger partial charge in [0, 0.05) is 22.1 Å². The highest BCUT2D eigenvalue weighted by Crippen LogP contribution is 2.36. The molecule has 0 unspecified atom stereocenters. The van der Waals surface area contributed by atoms with Crippen LogP contribution in [0.2, 0.25) is 0 Å². The van der Waals surface area contributed by atoms with Crippen molar-refractivity contribution in [1.29, 1.82) is 0 Å². The van der Waals surface area contributed by atoms with Crippen LogP contribution in [0, 0.1) is 0 Å². The van der Waals surface area contributed by atoms with Gasteiger partial charge in [0.05, 0.1) is 0 Å². The zero-order chi connectivity index (χ0) is 18.4. The molecule has 0 bridgehead atoms. The molecule has 25 heavy (non-hydrogen) atoms. The zero-order valence-electron chi connectivity index (χ0n) is 14.0. The van der Waals surface area contributed by atoms with E-state index in [1.54, 1.807) is 0 Å². The van der Waals surface area contributed by atoms with E-state index in [4.69, 9.17) is 16.3 Å². The number of amides is 1. The van der Waals surface area contributed by atoms with E-state index in [2.05, 4.69) is 11.9 Å². The number of thiophene rings is 1. The van der Waals surface area contributed by atoms with Gasteiger partial charge < -0.3 is 10.1 Å². The highest BCUT2D eigenvalue weighted by molar-refractivity contribution is 7.15. The first-order valence-electron chi connectivity index (χ1n) is 7.51. The summed E-state index contributed by atoms with van der Waals surface area (Å²) in [4.78, 5) is 24.6. The van der Waals surface area contributed by atoms with Crippen molar-refractivity contribution in [3.63, 3.8) is 0 Å². The number of carbonyl (C=O) groups excluding carboxylic acids is 2. The minimum absolute atomic E-state index is 0.0914. The smallest absolute Gasteiger partial charge is 0.342 e. The Bertz CT molecular complexity index is 820. The second kappa shape index (κ2) is 8.65. The molecule has 0 radical (unpaired) electrons. The summed E-state index contributed by atoms with van der Waals surface area (Å²) in [5.41, 5.74) is 2.73. The number of nitrogens with one attached hydrogen (secondary N) is 1. The Balaban J connectivity index is 2.41. The van der Waals surface area contributed by atoms with Gasteiger partial charge in [-0.15, -0.1) is 11.3 Å².